The van der Waals surface area contributed by atoms with E-state index in [1.807, 2.05) is 55.5 Å². The molecule has 6 nitrogen and oxygen atoms in total. The number of hydrogen-bond donors (Lipinski definition) is 1. The monoisotopic (exact) mass is 384 g/mol. The summed E-state index contributed by atoms with van der Waals surface area (Å²) in [7, 11) is 3.18. The second-order valence-corrected chi connectivity index (χ2v) is 6.54. The van der Waals surface area contributed by atoms with Crippen LogP contribution < -0.4 is 19.5 Å². The van der Waals surface area contributed by atoms with Crippen molar-refractivity contribution in [2.24, 2.45) is 4.99 Å². The third-order valence-electron chi connectivity index (χ3n) is 3.75. The Morgan fingerprint density at radius 2 is 1.81 bits per heavy atom. The van der Waals surface area contributed by atoms with Gasteiger partial charge in [0.15, 0.2) is 11.5 Å². The molecular weight excluding hydrogens is 364 g/mol. The van der Waals surface area contributed by atoms with Crippen molar-refractivity contribution in [3.05, 3.63) is 52.9 Å². The van der Waals surface area contributed by atoms with Crippen LogP contribution in [-0.4, -0.2) is 31.9 Å². The second-order valence-electron chi connectivity index (χ2n) is 5.52. The molecule has 0 radical (unpaired) electrons. The molecule has 3 rings (SSSR count). The van der Waals surface area contributed by atoms with E-state index in [-0.39, 0.29) is 5.24 Å². The summed E-state index contributed by atoms with van der Waals surface area (Å²) in [6.45, 7) is 2.55. The maximum Gasteiger partial charge on any atom is 0.289 e. The Bertz CT molecular complexity index is 891. The summed E-state index contributed by atoms with van der Waals surface area (Å²) in [6.07, 6.45) is 1.89. The van der Waals surface area contributed by atoms with Gasteiger partial charge in [-0.1, -0.05) is 6.07 Å². The van der Waals surface area contributed by atoms with Crippen molar-refractivity contribution in [3.8, 4) is 17.2 Å². The van der Waals surface area contributed by atoms with Crippen LogP contribution in [-0.2, 0) is 0 Å². The summed E-state index contributed by atoms with van der Waals surface area (Å²) in [4.78, 5) is 17.2. The number of thioether (sulfide) groups is 1. The average Bonchev–Trinajstić information content (AvgIpc) is 3.02. The Morgan fingerprint density at radius 1 is 1.07 bits per heavy atom. The van der Waals surface area contributed by atoms with E-state index in [9.17, 15) is 4.79 Å². The summed E-state index contributed by atoms with van der Waals surface area (Å²) in [5, 5.41) is 2.62. The summed E-state index contributed by atoms with van der Waals surface area (Å²) in [5.74, 6) is 2.58. The molecule has 1 aliphatic rings. The van der Waals surface area contributed by atoms with E-state index >= 15 is 0 Å². The number of carbonyl (C=O) groups excluding carboxylic acids is 1. The molecule has 0 aliphatic carbocycles. The van der Waals surface area contributed by atoms with E-state index in [1.54, 1.807) is 14.2 Å². The van der Waals surface area contributed by atoms with Crippen LogP contribution >= 0.6 is 11.8 Å². The first-order chi connectivity index (χ1) is 13.1. The van der Waals surface area contributed by atoms with Crippen molar-refractivity contribution in [1.29, 1.82) is 0 Å². The molecule has 0 saturated carbocycles. The van der Waals surface area contributed by atoms with Crippen LogP contribution in [0.15, 0.2) is 52.4 Å². The molecule has 0 bridgehead atoms. The molecule has 1 fully saturated rings. The maximum atomic E-state index is 11.9. The van der Waals surface area contributed by atoms with Crippen LogP contribution in [0.5, 0.6) is 17.2 Å². The first-order valence-electron chi connectivity index (χ1n) is 8.37. The van der Waals surface area contributed by atoms with Gasteiger partial charge in [0, 0.05) is 0 Å². The van der Waals surface area contributed by atoms with Gasteiger partial charge in [-0.25, -0.2) is 4.99 Å². The Hall–Kier alpha value is -2.93. The zero-order chi connectivity index (χ0) is 19.2. The minimum atomic E-state index is -0.161. The molecule has 2 aromatic rings. The van der Waals surface area contributed by atoms with E-state index in [4.69, 9.17) is 14.2 Å². The first-order valence-corrected chi connectivity index (χ1v) is 9.19. The topological polar surface area (TPSA) is 69.2 Å². The number of amidine groups is 1. The van der Waals surface area contributed by atoms with E-state index in [0.717, 1.165) is 33.7 Å². The van der Waals surface area contributed by atoms with Gasteiger partial charge in [0.2, 0.25) is 0 Å². The number of benzene rings is 2. The lowest BCUT2D eigenvalue weighted by Gasteiger charge is -2.08. The van der Waals surface area contributed by atoms with Gasteiger partial charge >= 0.3 is 0 Å². The largest absolute Gasteiger partial charge is 0.494 e. The molecular formula is C20H20N2O4S. The fourth-order valence-corrected chi connectivity index (χ4v) is 3.26. The van der Waals surface area contributed by atoms with Gasteiger partial charge < -0.3 is 19.5 Å². The number of hydrogen-bond acceptors (Lipinski definition) is 6. The molecule has 1 N–H and O–H groups in total. The van der Waals surface area contributed by atoms with Crippen LogP contribution in [0.3, 0.4) is 0 Å². The number of carbonyl (C=O) groups is 1. The highest BCUT2D eigenvalue weighted by atomic mass is 32.2. The molecule has 1 heterocycles. The molecule has 2 aromatic carbocycles. The second kappa shape index (κ2) is 8.64. The Balaban J connectivity index is 1.89. The number of ether oxygens (including phenoxy) is 3. The third kappa shape index (κ3) is 4.62. The Kier molecular flexibility index (Phi) is 6.03. The van der Waals surface area contributed by atoms with Crippen molar-refractivity contribution < 1.29 is 19.0 Å². The van der Waals surface area contributed by atoms with Gasteiger partial charge in [0.05, 0.1) is 31.4 Å². The maximum absolute atomic E-state index is 11.9. The number of nitrogens with one attached hydrogen (secondary N) is 1. The number of nitrogens with zero attached hydrogens (tertiary/aromatic N) is 1. The highest BCUT2D eigenvalue weighted by molar-refractivity contribution is 8.18. The lowest BCUT2D eigenvalue weighted by molar-refractivity contribution is 0.265. The summed E-state index contributed by atoms with van der Waals surface area (Å²) in [6, 6.07) is 13.0. The lowest BCUT2D eigenvalue weighted by Crippen LogP contribution is -2.18. The molecule has 1 amide bonds. The molecule has 0 atom stereocenters. The molecule has 1 aliphatic heterocycles. The molecule has 0 aromatic heterocycles. The van der Waals surface area contributed by atoms with E-state index in [2.05, 4.69) is 10.3 Å². The third-order valence-corrected chi connectivity index (χ3v) is 4.57. The molecule has 27 heavy (non-hydrogen) atoms. The van der Waals surface area contributed by atoms with Crippen LogP contribution in [0.4, 0.5) is 10.5 Å². The summed E-state index contributed by atoms with van der Waals surface area (Å²) in [5.41, 5.74) is 1.61. The summed E-state index contributed by atoms with van der Waals surface area (Å²) < 4.78 is 16.0. The summed E-state index contributed by atoms with van der Waals surface area (Å²) >= 11 is 1.11. The van der Waals surface area contributed by atoms with Crippen molar-refractivity contribution >= 4 is 34.6 Å². The Morgan fingerprint density at radius 3 is 2.48 bits per heavy atom. The molecule has 0 unspecified atom stereocenters. The molecule has 1 saturated heterocycles. The SMILES string of the molecule is CCOc1ccc(N=C2NC(=O)S/C2=C\c2ccc(OC)c(OC)c2)cc1. The first kappa shape index (κ1) is 18.8. The van der Waals surface area contributed by atoms with Gasteiger partial charge in [-0.2, -0.15) is 0 Å². The van der Waals surface area contributed by atoms with E-state index in [0.29, 0.717) is 23.9 Å². The molecule has 0 spiro atoms. The number of rotatable bonds is 6. The average molecular weight is 384 g/mol. The van der Waals surface area contributed by atoms with Gasteiger partial charge in [-0.15, -0.1) is 0 Å². The standard InChI is InChI=1S/C20H20N2O4S/c1-4-26-15-8-6-14(7-9-15)21-19-18(27-20(23)22-19)12-13-5-10-16(24-2)17(11-13)25-3/h5-12H,4H2,1-3H3,(H,21,22,23)/b18-12-. The minimum absolute atomic E-state index is 0.161. The van der Waals surface area contributed by atoms with Gasteiger partial charge in [0.1, 0.15) is 11.6 Å². The highest BCUT2D eigenvalue weighted by Crippen LogP contribution is 2.32. The van der Waals surface area contributed by atoms with Crippen LogP contribution in [0, 0.1) is 0 Å². The zero-order valence-electron chi connectivity index (χ0n) is 15.3. The van der Waals surface area contributed by atoms with Gasteiger partial charge in [-0.3, -0.25) is 4.79 Å². The van der Waals surface area contributed by atoms with Gasteiger partial charge in [0.25, 0.3) is 5.24 Å². The van der Waals surface area contributed by atoms with E-state index < -0.39 is 0 Å². The zero-order valence-corrected chi connectivity index (χ0v) is 16.1. The fourth-order valence-electron chi connectivity index (χ4n) is 2.52. The van der Waals surface area contributed by atoms with Crippen molar-refractivity contribution in [1.82, 2.24) is 5.32 Å². The van der Waals surface area contributed by atoms with Crippen molar-refractivity contribution in [2.75, 3.05) is 20.8 Å². The molecule has 140 valence electrons. The highest BCUT2D eigenvalue weighted by Gasteiger charge is 2.23. The lowest BCUT2D eigenvalue weighted by atomic mass is 10.2. The van der Waals surface area contributed by atoms with Crippen molar-refractivity contribution in [2.45, 2.75) is 6.92 Å². The normalized spacial score (nSPS) is 16.5. The quantitative estimate of drug-likeness (QED) is 0.786. The predicted molar refractivity (Wildman–Crippen MR) is 108 cm³/mol. The number of aliphatic imine (C=N–C) groups is 1. The number of methoxy groups -OCH3 is 2. The van der Waals surface area contributed by atoms with Gasteiger partial charge in [-0.05, 0) is 66.7 Å². The van der Waals surface area contributed by atoms with Crippen LogP contribution in [0.1, 0.15) is 12.5 Å². The number of amides is 1. The van der Waals surface area contributed by atoms with Crippen molar-refractivity contribution in [3.63, 3.8) is 0 Å². The smallest absolute Gasteiger partial charge is 0.289 e. The van der Waals surface area contributed by atoms with Crippen LogP contribution in [0.25, 0.3) is 6.08 Å². The van der Waals surface area contributed by atoms with E-state index in [1.165, 1.54) is 0 Å². The molecule has 7 heteroatoms. The predicted octanol–water partition coefficient (Wildman–Crippen LogP) is 4.63. The minimum Gasteiger partial charge on any atom is -0.494 e. The fraction of sp³-hybridized carbons (Fsp3) is 0.200. The van der Waals surface area contributed by atoms with Crippen LogP contribution in [0.2, 0.25) is 0 Å². The Labute approximate surface area is 162 Å².